The fourth-order valence-electron chi connectivity index (χ4n) is 3.36. The molecule has 2 aliphatic heterocycles. The summed E-state index contributed by atoms with van der Waals surface area (Å²) in [6.45, 7) is 1.83. The Labute approximate surface area is 166 Å². The number of urea groups is 1. The first-order chi connectivity index (χ1) is 13.5. The van der Waals surface area contributed by atoms with Crippen LogP contribution < -0.4 is 4.90 Å². The molecule has 0 radical (unpaired) electrons. The predicted octanol–water partition coefficient (Wildman–Crippen LogP) is 2.87. The van der Waals surface area contributed by atoms with Crippen LogP contribution in [0.1, 0.15) is 12.5 Å². The first-order valence-corrected chi connectivity index (χ1v) is 9.13. The maximum Gasteiger partial charge on any atom is 0.337 e. The number of imide groups is 1. The summed E-state index contributed by atoms with van der Waals surface area (Å²) in [6.07, 6.45) is 0. The standard InChI is InChI=1S/C20H16ClN3O4/c1-2-28-19(26)15-16-18(25)23(14-10-8-13(21)9-11-14)20(27)24(16)17(22-15)12-6-4-3-5-7-12/h3-11,15-16H,2H2,1H3/t15-,16-/m0/s1. The van der Waals surface area contributed by atoms with Gasteiger partial charge in [0.25, 0.3) is 5.91 Å². The molecule has 8 heteroatoms. The van der Waals surface area contributed by atoms with Gasteiger partial charge in [-0.05, 0) is 31.2 Å². The van der Waals surface area contributed by atoms with E-state index >= 15 is 0 Å². The molecule has 4 rings (SSSR count). The molecule has 2 atom stereocenters. The molecule has 3 amide bonds. The molecule has 0 aliphatic carbocycles. The van der Waals surface area contributed by atoms with Crippen molar-refractivity contribution >= 4 is 41.0 Å². The topological polar surface area (TPSA) is 79.3 Å². The van der Waals surface area contributed by atoms with Gasteiger partial charge >= 0.3 is 12.0 Å². The van der Waals surface area contributed by atoms with Crippen molar-refractivity contribution < 1.29 is 19.1 Å². The third-order valence-corrected chi connectivity index (χ3v) is 4.83. The summed E-state index contributed by atoms with van der Waals surface area (Å²) in [5, 5.41) is 0.485. The third kappa shape index (κ3) is 2.84. The van der Waals surface area contributed by atoms with Crippen LogP contribution in [0.5, 0.6) is 0 Å². The van der Waals surface area contributed by atoms with Crippen LogP contribution in [0, 0.1) is 0 Å². The van der Waals surface area contributed by atoms with E-state index in [1.54, 1.807) is 55.5 Å². The van der Waals surface area contributed by atoms with Crippen LogP contribution in [0.15, 0.2) is 59.6 Å². The van der Waals surface area contributed by atoms with Gasteiger partial charge in [0.05, 0.1) is 12.3 Å². The van der Waals surface area contributed by atoms with E-state index in [1.807, 2.05) is 6.07 Å². The van der Waals surface area contributed by atoms with Crippen molar-refractivity contribution in [2.24, 2.45) is 4.99 Å². The number of nitrogens with zero attached hydrogens (tertiary/aromatic N) is 3. The number of aliphatic imine (C=N–C) groups is 1. The van der Waals surface area contributed by atoms with Crippen molar-refractivity contribution in [1.82, 2.24) is 4.90 Å². The van der Waals surface area contributed by atoms with Crippen molar-refractivity contribution in [3.8, 4) is 0 Å². The highest BCUT2D eigenvalue weighted by Crippen LogP contribution is 2.34. The molecule has 7 nitrogen and oxygen atoms in total. The van der Waals surface area contributed by atoms with Gasteiger partial charge in [-0.2, -0.15) is 0 Å². The number of amides is 3. The quantitative estimate of drug-likeness (QED) is 0.587. The second-order valence-electron chi connectivity index (χ2n) is 6.26. The molecule has 28 heavy (non-hydrogen) atoms. The molecule has 2 heterocycles. The summed E-state index contributed by atoms with van der Waals surface area (Å²) in [6, 6.07) is 12.6. The second kappa shape index (κ2) is 7.09. The molecule has 0 unspecified atom stereocenters. The van der Waals surface area contributed by atoms with Gasteiger partial charge in [0.15, 0.2) is 12.1 Å². The summed E-state index contributed by atoms with van der Waals surface area (Å²) in [5.41, 5.74) is 1.02. The molecule has 0 N–H and O–H groups in total. The number of carbonyl (C=O) groups excluding carboxylic acids is 3. The fourth-order valence-corrected chi connectivity index (χ4v) is 3.49. The van der Waals surface area contributed by atoms with Crippen LogP contribution in [0.4, 0.5) is 10.5 Å². The molecule has 0 saturated carbocycles. The molecule has 0 bridgehead atoms. The van der Waals surface area contributed by atoms with Crippen molar-refractivity contribution in [2.75, 3.05) is 11.5 Å². The summed E-state index contributed by atoms with van der Waals surface area (Å²) in [5.74, 6) is -0.888. The zero-order valence-electron chi connectivity index (χ0n) is 14.9. The number of hydrogen-bond donors (Lipinski definition) is 0. The molecule has 2 aliphatic rings. The predicted molar refractivity (Wildman–Crippen MR) is 103 cm³/mol. The number of anilines is 1. The minimum Gasteiger partial charge on any atom is -0.464 e. The normalized spacial score (nSPS) is 21.0. The Morgan fingerprint density at radius 3 is 2.43 bits per heavy atom. The lowest BCUT2D eigenvalue weighted by Gasteiger charge is -2.17. The SMILES string of the molecule is CCOC(=O)[C@H]1N=C(c2ccccc2)N2C(=O)N(c3ccc(Cl)cc3)C(=O)[C@H]12. The maximum atomic E-state index is 13.2. The zero-order valence-corrected chi connectivity index (χ0v) is 15.7. The van der Waals surface area contributed by atoms with Gasteiger partial charge in [0.1, 0.15) is 5.84 Å². The van der Waals surface area contributed by atoms with E-state index in [-0.39, 0.29) is 12.4 Å². The highest BCUT2D eigenvalue weighted by molar-refractivity contribution is 6.32. The Hall–Kier alpha value is -3.19. The van der Waals surface area contributed by atoms with E-state index in [0.717, 1.165) is 4.90 Å². The monoisotopic (exact) mass is 397 g/mol. The summed E-state index contributed by atoms with van der Waals surface area (Å²) < 4.78 is 5.09. The molecule has 2 aromatic rings. The van der Waals surface area contributed by atoms with Gasteiger partial charge in [-0.15, -0.1) is 0 Å². The number of carbonyl (C=O) groups is 3. The van der Waals surface area contributed by atoms with Gasteiger partial charge in [0.2, 0.25) is 0 Å². The van der Waals surface area contributed by atoms with Crippen LogP contribution in [0.25, 0.3) is 0 Å². The number of amidine groups is 1. The lowest BCUT2D eigenvalue weighted by Crippen LogP contribution is -2.43. The van der Waals surface area contributed by atoms with Gasteiger partial charge in [-0.25, -0.2) is 19.5 Å². The van der Waals surface area contributed by atoms with Crippen LogP contribution in [-0.2, 0) is 14.3 Å². The Balaban J connectivity index is 1.78. The Morgan fingerprint density at radius 1 is 1.11 bits per heavy atom. The van der Waals surface area contributed by atoms with E-state index in [9.17, 15) is 14.4 Å². The van der Waals surface area contributed by atoms with E-state index in [0.29, 0.717) is 16.3 Å². The number of fused-ring (bicyclic) bond motifs is 1. The van der Waals surface area contributed by atoms with Gasteiger partial charge in [-0.1, -0.05) is 41.9 Å². The molecular formula is C20H16ClN3O4. The molecule has 142 valence electrons. The zero-order chi connectivity index (χ0) is 19.8. The minimum atomic E-state index is -1.11. The average Bonchev–Trinajstić information content (AvgIpc) is 3.21. The first kappa shape index (κ1) is 18.2. The van der Waals surface area contributed by atoms with Gasteiger partial charge in [-0.3, -0.25) is 9.69 Å². The number of rotatable bonds is 4. The van der Waals surface area contributed by atoms with Gasteiger partial charge in [0, 0.05) is 10.6 Å². The van der Waals surface area contributed by atoms with Crippen molar-refractivity contribution in [2.45, 2.75) is 19.0 Å². The maximum absolute atomic E-state index is 13.2. The van der Waals surface area contributed by atoms with E-state index < -0.39 is 30.0 Å². The number of benzene rings is 2. The lowest BCUT2D eigenvalue weighted by molar-refractivity contribution is -0.146. The number of ether oxygens (including phenoxy) is 1. The Morgan fingerprint density at radius 2 is 1.79 bits per heavy atom. The molecular weight excluding hydrogens is 382 g/mol. The molecule has 1 saturated heterocycles. The smallest absolute Gasteiger partial charge is 0.337 e. The van der Waals surface area contributed by atoms with E-state index in [4.69, 9.17) is 16.3 Å². The minimum absolute atomic E-state index is 0.154. The summed E-state index contributed by atoms with van der Waals surface area (Å²) in [7, 11) is 0. The van der Waals surface area contributed by atoms with Crippen molar-refractivity contribution in [3.63, 3.8) is 0 Å². The average molecular weight is 398 g/mol. The molecule has 1 fully saturated rings. The third-order valence-electron chi connectivity index (χ3n) is 4.58. The van der Waals surface area contributed by atoms with Crippen molar-refractivity contribution in [3.05, 3.63) is 65.2 Å². The lowest BCUT2D eigenvalue weighted by atomic mass is 10.1. The Bertz CT molecular complexity index is 975. The summed E-state index contributed by atoms with van der Waals surface area (Å²) in [4.78, 5) is 45.4. The largest absolute Gasteiger partial charge is 0.464 e. The number of hydrogen-bond acceptors (Lipinski definition) is 5. The number of esters is 1. The molecule has 0 aromatic heterocycles. The first-order valence-electron chi connectivity index (χ1n) is 8.75. The highest BCUT2D eigenvalue weighted by atomic mass is 35.5. The van der Waals surface area contributed by atoms with E-state index in [1.165, 1.54) is 4.90 Å². The Kier molecular flexibility index (Phi) is 4.60. The second-order valence-corrected chi connectivity index (χ2v) is 6.70. The van der Waals surface area contributed by atoms with Gasteiger partial charge < -0.3 is 4.74 Å². The number of halogens is 1. The van der Waals surface area contributed by atoms with Crippen LogP contribution >= 0.6 is 11.6 Å². The van der Waals surface area contributed by atoms with Crippen molar-refractivity contribution in [1.29, 1.82) is 0 Å². The summed E-state index contributed by atoms with van der Waals surface area (Å²) >= 11 is 5.91. The van der Waals surface area contributed by atoms with Crippen LogP contribution in [-0.4, -0.2) is 47.3 Å². The molecule has 0 spiro atoms. The van der Waals surface area contributed by atoms with E-state index in [2.05, 4.69) is 4.99 Å². The molecule has 2 aromatic carbocycles. The van der Waals surface area contributed by atoms with Crippen LogP contribution in [0.3, 0.4) is 0 Å². The van der Waals surface area contributed by atoms with Crippen LogP contribution in [0.2, 0.25) is 5.02 Å². The highest BCUT2D eigenvalue weighted by Gasteiger charge is 2.57. The fraction of sp³-hybridized carbons (Fsp3) is 0.200.